The summed E-state index contributed by atoms with van der Waals surface area (Å²) in [4.78, 5) is 25.1. The number of hydrogen-bond donors (Lipinski definition) is 1. The van der Waals surface area contributed by atoms with Crippen LogP contribution in [0.2, 0.25) is 0 Å². The third-order valence-corrected chi connectivity index (χ3v) is 3.15. The third-order valence-electron chi connectivity index (χ3n) is 3.15. The largest absolute Gasteiger partial charge is 0.343 e. The van der Waals surface area contributed by atoms with Crippen LogP contribution >= 0.6 is 0 Å². The highest BCUT2D eigenvalue weighted by atomic mass is 16.2. The van der Waals surface area contributed by atoms with Gasteiger partial charge < -0.3 is 10.2 Å². The highest BCUT2D eigenvalue weighted by Gasteiger charge is 2.30. The summed E-state index contributed by atoms with van der Waals surface area (Å²) in [7, 11) is 0. The number of unbranched alkanes of at least 4 members (excludes halogenated alkanes) is 1. The summed E-state index contributed by atoms with van der Waals surface area (Å²) >= 11 is 0. The van der Waals surface area contributed by atoms with Gasteiger partial charge in [-0.15, -0.1) is 0 Å². The third kappa shape index (κ3) is 4.36. The maximum absolute atomic E-state index is 11.9. The molecule has 0 aromatic heterocycles. The minimum atomic E-state index is -0.304. The second-order valence-electron chi connectivity index (χ2n) is 5.18. The molecule has 1 aliphatic rings. The Labute approximate surface area is 104 Å². The van der Waals surface area contributed by atoms with Crippen molar-refractivity contribution in [3.8, 4) is 0 Å². The van der Waals surface area contributed by atoms with Gasteiger partial charge in [-0.2, -0.15) is 0 Å². The first-order valence-electron chi connectivity index (χ1n) is 6.62. The molecule has 4 heteroatoms. The first-order valence-corrected chi connectivity index (χ1v) is 6.62. The van der Waals surface area contributed by atoms with Crippen LogP contribution in [-0.2, 0) is 9.59 Å². The van der Waals surface area contributed by atoms with E-state index in [1.165, 1.54) is 6.42 Å². The molecule has 0 spiro atoms. The zero-order chi connectivity index (χ0) is 12.8. The first-order chi connectivity index (χ1) is 8.04. The molecule has 1 fully saturated rings. The summed E-state index contributed by atoms with van der Waals surface area (Å²) in [5.74, 6) is 0.760. The molecule has 1 rings (SSSR count). The van der Waals surface area contributed by atoms with E-state index in [2.05, 4.69) is 19.2 Å². The van der Waals surface area contributed by atoms with Crippen LogP contribution in [0.25, 0.3) is 0 Å². The smallest absolute Gasteiger partial charge is 0.245 e. The standard InChI is InChI=1S/C13H24N2O2/c1-4-11-13(17)15(9-12(16)14-11)8-6-5-7-10(2)3/h10-11H,4-9H2,1-3H3,(H,14,16). The Morgan fingerprint density at radius 3 is 2.65 bits per heavy atom. The number of hydrogen-bond acceptors (Lipinski definition) is 2. The zero-order valence-corrected chi connectivity index (χ0v) is 11.2. The Balaban J connectivity index is 2.35. The number of piperazine rings is 1. The Kier molecular flexibility index (Phi) is 5.45. The molecule has 0 saturated carbocycles. The quantitative estimate of drug-likeness (QED) is 0.716. The number of carbonyl (C=O) groups excluding carboxylic acids is 2. The van der Waals surface area contributed by atoms with Crippen molar-refractivity contribution in [2.75, 3.05) is 13.1 Å². The maximum Gasteiger partial charge on any atom is 0.245 e. The lowest BCUT2D eigenvalue weighted by atomic mass is 10.1. The summed E-state index contributed by atoms with van der Waals surface area (Å²) in [5.41, 5.74) is 0. The molecule has 17 heavy (non-hydrogen) atoms. The zero-order valence-electron chi connectivity index (χ0n) is 11.2. The van der Waals surface area contributed by atoms with Crippen LogP contribution in [0.15, 0.2) is 0 Å². The van der Waals surface area contributed by atoms with E-state index in [-0.39, 0.29) is 24.4 Å². The Morgan fingerprint density at radius 2 is 2.06 bits per heavy atom. The molecule has 4 nitrogen and oxygen atoms in total. The lowest BCUT2D eigenvalue weighted by Gasteiger charge is -2.32. The predicted octanol–water partition coefficient (Wildman–Crippen LogP) is 1.55. The van der Waals surface area contributed by atoms with E-state index in [9.17, 15) is 9.59 Å². The number of amides is 2. The van der Waals surface area contributed by atoms with Crippen molar-refractivity contribution in [2.24, 2.45) is 5.92 Å². The van der Waals surface area contributed by atoms with E-state index in [1.807, 2.05) is 6.92 Å². The Bertz CT molecular complexity index is 277. The van der Waals surface area contributed by atoms with Gasteiger partial charge in [0, 0.05) is 6.54 Å². The first kappa shape index (κ1) is 14.0. The monoisotopic (exact) mass is 240 g/mol. The highest BCUT2D eigenvalue weighted by Crippen LogP contribution is 2.10. The number of rotatable bonds is 6. The molecule has 98 valence electrons. The van der Waals surface area contributed by atoms with Gasteiger partial charge in [-0.3, -0.25) is 9.59 Å². The second-order valence-corrected chi connectivity index (χ2v) is 5.18. The fraction of sp³-hybridized carbons (Fsp3) is 0.846. The minimum absolute atomic E-state index is 0.0275. The van der Waals surface area contributed by atoms with Gasteiger partial charge in [0.2, 0.25) is 11.8 Å². The van der Waals surface area contributed by atoms with Gasteiger partial charge in [0.1, 0.15) is 6.04 Å². The fourth-order valence-corrected chi connectivity index (χ4v) is 2.09. The summed E-state index contributed by atoms with van der Waals surface area (Å²) in [6.45, 7) is 7.27. The molecular formula is C13H24N2O2. The Hall–Kier alpha value is -1.06. The average Bonchev–Trinajstić information content (AvgIpc) is 2.28. The molecule has 0 aromatic rings. The van der Waals surface area contributed by atoms with Crippen LogP contribution in [0, 0.1) is 5.92 Å². The summed E-state index contributed by atoms with van der Waals surface area (Å²) < 4.78 is 0. The van der Waals surface area contributed by atoms with Crippen molar-refractivity contribution in [1.29, 1.82) is 0 Å². The van der Waals surface area contributed by atoms with Crippen molar-refractivity contribution in [2.45, 2.75) is 52.5 Å². The molecule has 2 amide bonds. The van der Waals surface area contributed by atoms with E-state index in [0.29, 0.717) is 12.3 Å². The van der Waals surface area contributed by atoms with E-state index < -0.39 is 0 Å². The number of nitrogens with one attached hydrogen (secondary N) is 1. The topological polar surface area (TPSA) is 49.4 Å². The van der Waals surface area contributed by atoms with Gasteiger partial charge in [-0.1, -0.05) is 33.6 Å². The average molecular weight is 240 g/mol. The molecule has 1 saturated heterocycles. The van der Waals surface area contributed by atoms with E-state index in [0.717, 1.165) is 19.4 Å². The molecule has 0 aromatic carbocycles. The normalized spacial score (nSPS) is 20.9. The maximum atomic E-state index is 11.9. The minimum Gasteiger partial charge on any atom is -0.343 e. The van der Waals surface area contributed by atoms with Crippen LogP contribution < -0.4 is 5.32 Å². The molecule has 0 bridgehead atoms. The predicted molar refractivity (Wildman–Crippen MR) is 67.5 cm³/mol. The van der Waals surface area contributed by atoms with Gasteiger partial charge in [0.15, 0.2) is 0 Å². The van der Waals surface area contributed by atoms with Gasteiger partial charge in [0.25, 0.3) is 0 Å². The summed E-state index contributed by atoms with van der Waals surface area (Å²) in [6.07, 6.45) is 3.98. The fourth-order valence-electron chi connectivity index (χ4n) is 2.09. The summed E-state index contributed by atoms with van der Waals surface area (Å²) in [6, 6.07) is -0.304. The van der Waals surface area contributed by atoms with Crippen LogP contribution in [-0.4, -0.2) is 35.8 Å². The lowest BCUT2D eigenvalue weighted by molar-refractivity contribution is -0.144. The van der Waals surface area contributed by atoms with Crippen LogP contribution in [0.3, 0.4) is 0 Å². The van der Waals surface area contributed by atoms with E-state index in [4.69, 9.17) is 0 Å². The summed E-state index contributed by atoms with van der Waals surface area (Å²) in [5, 5.41) is 2.72. The molecule has 1 heterocycles. The van der Waals surface area contributed by atoms with Gasteiger partial charge in [-0.25, -0.2) is 0 Å². The van der Waals surface area contributed by atoms with Gasteiger partial charge in [-0.05, 0) is 18.8 Å². The van der Waals surface area contributed by atoms with E-state index >= 15 is 0 Å². The number of nitrogens with zero attached hydrogens (tertiary/aromatic N) is 1. The molecule has 1 N–H and O–H groups in total. The van der Waals surface area contributed by atoms with Crippen molar-refractivity contribution >= 4 is 11.8 Å². The van der Waals surface area contributed by atoms with Gasteiger partial charge in [0.05, 0.1) is 6.54 Å². The molecular weight excluding hydrogens is 216 g/mol. The van der Waals surface area contributed by atoms with Crippen LogP contribution in [0.4, 0.5) is 0 Å². The van der Waals surface area contributed by atoms with Crippen molar-refractivity contribution in [3.63, 3.8) is 0 Å². The molecule has 0 radical (unpaired) electrons. The van der Waals surface area contributed by atoms with Gasteiger partial charge >= 0.3 is 0 Å². The van der Waals surface area contributed by atoms with Crippen LogP contribution in [0.5, 0.6) is 0 Å². The lowest BCUT2D eigenvalue weighted by Crippen LogP contribution is -2.57. The van der Waals surface area contributed by atoms with Crippen LogP contribution in [0.1, 0.15) is 46.5 Å². The second kappa shape index (κ2) is 6.62. The number of carbonyl (C=O) groups is 2. The molecule has 0 aliphatic carbocycles. The Morgan fingerprint density at radius 1 is 1.35 bits per heavy atom. The van der Waals surface area contributed by atoms with E-state index in [1.54, 1.807) is 4.90 Å². The molecule has 1 aliphatic heterocycles. The molecule has 1 unspecified atom stereocenters. The van der Waals surface area contributed by atoms with Crippen molar-refractivity contribution in [1.82, 2.24) is 10.2 Å². The highest BCUT2D eigenvalue weighted by molar-refractivity contribution is 5.94. The molecule has 1 atom stereocenters. The van der Waals surface area contributed by atoms with Crippen molar-refractivity contribution in [3.05, 3.63) is 0 Å². The SMILES string of the molecule is CCC1NC(=O)CN(CCCCC(C)C)C1=O. The van der Waals surface area contributed by atoms with Crippen molar-refractivity contribution < 1.29 is 9.59 Å².